The van der Waals surface area contributed by atoms with E-state index in [-0.39, 0.29) is 17.9 Å². The molecule has 4 aromatic rings. The van der Waals surface area contributed by atoms with Gasteiger partial charge >= 0.3 is 6.18 Å². The van der Waals surface area contributed by atoms with Gasteiger partial charge in [-0.15, -0.1) is 0 Å². The number of carbonyl (C=O) groups excluding carboxylic acids is 1. The Balaban J connectivity index is 1.66. The predicted octanol–water partition coefficient (Wildman–Crippen LogP) is 3.74. The van der Waals surface area contributed by atoms with Crippen molar-refractivity contribution in [3.05, 3.63) is 94.0 Å². The van der Waals surface area contributed by atoms with E-state index in [9.17, 15) is 22.8 Å². The maximum Gasteiger partial charge on any atom is 0.416 e. The number of aromatic nitrogens is 3. The zero-order valence-corrected chi connectivity index (χ0v) is 17.3. The molecule has 0 fully saturated rings. The number of pyridine rings is 1. The van der Waals surface area contributed by atoms with Crippen LogP contribution in [0.5, 0.6) is 5.75 Å². The highest BCUT2D eigenvalue weighted by Gasteiger charge is 2.30. The number of ether oxygens (including phenoxy) is 1. The van der Waals surface area contributed by atoms with Crippen molar-refractivity contribution in [1.29, 1.82) is 0 Å². The molecule has 7 nitrogen and oxygen atoms in total. The molecule has 0 spiro atoms. The molecule has 0 atom stereocenters. The summed E-state index contributed by atoms with van der Waals surface area (Å²) < 4.78 is 44.6. The Bertz CT molecular complexity index is 1370. The number of hydrogen-bond acceptors (Lipinski definition) is 5. The lowest BCUT2D eigenvalue weighted by Crippen LogP contribution is -2.34. The van der Waals surface area contributed by atoms with Gasteiger partial charge in [0.05, 0.1) is 18.4 Å². The number of nitrogens with zero attached hydrogens (tertiary/aromatic N) is 3. The van der Waals surface area contributed by atoms with E-state index in [1.165, 1.54) is 30.0 Å². The van der Waals surface area contributed by atoms with Crippen LogP contribution in [0.4, 0.5) is 13.2 Å². The van der Waals surface area contributed by atoms with Crippen molar-refractivity contribution in [2.24, 2.45) is 0 Å². The van der Waals surface area contributed by atoms with Crippen molar-refractivity contribution in [1.82, 2.24) is 19.9 Å². The summed E-state index contributed by atoms with van der Waals surface area (Å²) in [4.78, 5) is 34.4. The first-order valence-electron chi connectivity index (χ1n) is 9.74. The molecule has 168 valence electrons. The van der Waals surface area contributed by atoms with Gasteiger partial charge in [0.15, 0.2) is 11.3 Å². The standard InChI is InChI=1S/C23H17F3N4O3/c1-33-17-10-8-16(9-11-17)30-20-18(3-2-12-27-20)29-19(22(30)32)21(31)28-13-14-4-6-15(7-5-14)23(24,25)26/h2-12H,13H2,1H3,(H,28,31). The van der Waals surface area contributed by atoms with Crippen LogP contribution in [0.15, 0.2) is 71.7 Å². The number of nitrogens with one attached hydrogen (secondary N) is 1. The minimum absolute atomic E-state index is 0.0777. The van der Waals surface area contributed by atoms with Gasteiger partial charge in [-0.1, -0.05) is 12.1 Å². The number of methoxy groups -OCH3 is 1. The van der Waals surface area contributed by atoms with Crippen LogP contribution in [-0.2, 0) is 12.7 Å². The predicted molar refractivity (Wildman–Crippen MR) is 114 cm³/mol. The van der Waals surface area contributed by atoms with E-state index in [1.807, 2.05) is 0 Å². The van der Waals surface area contributed by atoms with E-state index in [4.69, 9.17) is 4.74 Å². The van der Waals surface area contributed by atoms with Gasteiger partial charge in [-0.05, 0) is 54.1 Å². The Morgan fingerprint density at radius 2 is 1.76 bits per heavy atom. The van der Waals surface area contributed by atoms with Gasteiger partial charge < -0.3 is 10.1 Å². The highest BCUT2D eigenvalue weighted by molar-refractivity contribution is 5.93. The summed E-state index contributed by atoms with van der Waals surface area (Å²) in [5, 5.41) is 2.54. The van der Waals surface area contributed by atoms with Crippen molar-refractivity contribution in [3.8, 4) is 11.4 Å². The zero-order valence-electron chi connectivity index (χ0n) is 17.3. The molecular weight excluding hydrogens is 437 g/mol. The molecular formula is C23H17F3N4O3. The van der Waals surface area contributed by atoms with Gasteiger partial charge in [-0.25, -0.2) is 9.97 Å². The van der Waals surface area contributed by atoms with E-state index in [1.54, 1.807) is 36.4 Å². The molecule has 0 unspecified atom stereocenters. The van der Waals surface area contributed by atoms with E-state index < -0.39 is 23.2 Å². The second kappa shape index (κ2) is 8.73. The molecule has 1 amide bonds. The van der Waals surface area contributed by atoms with Crippen molar-refractivity contribution in [2.45, 2.75) is 12.7 Å². The van der Waals surface area contributed by atoms with Crippen LogP contribution in [0, 0.1) is 0 Å². The van der Waals surface area contributed by atoms with Crippen molar-refractivity contribution in [3.63, 3.8) is 0 Å². The summed E-state index contributed by atoms with van der Waals surface area (Å²) in [5.41, 5.74) is -0.337. The van der Waals surface area contributed by atoms with Crippen LogP contribution in [0.25, 0.3) is 16.9 Å². The second-order valence-corrected chi connectivity index (χ2v) is 7.02. The third-order valence-corrected chi connectivity index (χ3v) is 4.90. The Hall–Kier alpha value is -4.21. The molecule has 1 N–H and O–H groups in total. The van der Waals surface area contributed by atoms with Crippen LogP contribution >= 0.6 is 0 Å². The van der Waals surface area contributed by atoms with Crippen LogP contribution in [0.1, 0.15) is 21.6 Å². The SMILES string of the molecule is COc1ccc(-n2c(=O)c(C(=O)NCc3ccc(C(F)(F)F)cc3)nc3cccnc32)cc1. The summed E-state index contributed by atoms with van der Waals surface area (Å²) in [6, 6.07) is 14.3. The number of halogens is 3. The number of rotatable bonds is 5. The number of alkyl halides is 3. The van der Waals surface area contributed by atoms with Crippen LogP contribution < -0.4 is 15.6 Å². The highest BCUT2D eigenvalue weighted by Crippen LogP contribution is 2.29. The molecule has 2 aromatic carbocycles. The minimum Gasteiger partial charge on any atom is -0.497 e. The largest absolute Gasteiger partial charge is 0.497 e. The minimum atomic E-state index is -4.45. The fourth-order valence-corrected chi connectivity index (χ4v) is 3.21. The molecule has 0 saturated heterocycles. The quantitative estimate of drug-likeness (QED) is 0.497. The molecule has 0 aliphatic rings. The molecule has 10 heteroatoms. The molecule has 0 bridgehead atoms. The van der Waals surface area contributed by atoms with Crippen molar-refractivity contribution in [2.75, 3.05) is 7.11 Å². The first-order valence-corrected chi connectivity index (χ1v) is 9.74. The number of fused-ring (bicyclic) bond motifs is 1. The third-order valence-electron chi connectivity index (χ3n) is 4.90. The first-order chi connectivity index (χ1) is 15.8. The van der Waals surface area contributed by atoms with Crippen molar-refractivity contribution < 1.29 is 22.7 Å². The van der Waals surface area contributed by atoms with Gasteiger partial charge in [0, 0.05) is 12.7 Å². The van der Waals surface area contributed by atoms with Gasteiger partial charge in [0.25, 0.3) is 11.5 Å². The fraction of sp³-hybridized carbons (Fsp3) is 0.130. The molecule has 2 aromatic heterocycles. The van der Waals surface area contributed by atoms with E-state index in [0.717, 1.165) is 12.1 Å². The molecule has 4 rings (SSSR count). The molecule has 2 heterocycles. The number of hydrogen-bond donors (Lipinski definition) is 1. The smallest absolute Gasteiger partial charge is 0.416 e. The summed E-state index contributed by atoms with van der Waals surface area (Å²) in [7, 11) is 1.52. The molecule has 0 saturated carbocycles. The van der Waals surface area contributed by atoms with Gasteiger partial charge in [-0.2, -0.15) is 13.2 Å². The maximum atomic E-state index is 13.2. The molecule has 33 heavy (non-hydrogen) atoms. The van der Waals surface area contributed by atoms with Crippen LogP contribution in [0.2, 0.25) is 0 Å². The lowest BCUT2D eigenvalue weighted by atomic mass is 10.1. The van der Waals surface area contributed by atoms with Gasteiger partial charge in [-0.3, -0.25) is 14.2 Å². The Morgan fingerprint density at radius 3 is 2.39 bits per heavy atom. The Kier molecular flexibility index (Phi) is 5.82. The third kappa shape index (κ3) is 4.54. The number of benzene rings is 2. The van der Waals surface area contributed by atoms with Gasteiger partial charge in [0.1, 0.15) is 11.3 Å². The van der Waals surface area contributed by atoms with E-state index >= 15 is 0 Å². The van der Waals surface area contributed by atoms with E-state index in [0.29, 0.717) is 22.5 Å². The molecule has 0 radical (unpaired) electrons. The maximum absolute atomic E-state index is 13.2. The van der Waals surface area contributed by atoms with Crippen LogP contribution in [0.3, 0.4) is 0 Å². The molecule has 0 aliphatic carbocycles. The normalized spacial score (nSPS) is 11.4. The van der Waals surface area contributed by atoms with Gasteiger partial charge in [0.2, 0.25) is 0 Å². The Morgan fingerprint density at radius 1 is 1.06 bits per heavy atom. The lowest BCUT2D eigenvalue weighted by molar-refractivity contribution is -0.137. The summed E-state index contributed by atoms with van der Waals surface area (Å²) in [6.45, 7) is -0.0777. The second-order valence-electron chi connectivity index (χ2n) is 7.02. The lowest BCUT2D eigenvalue weighted by Gasteiger charge is -2.12. The van der Waals surface area contributed by atoms with Crippen molar-refractivity contribution >= 4 is 17.1 Å². The summed E-state index contributed by atoms with van der Waals surface area (Å²) in [6.07, 6.45) is -2.94. The summed E-state index contributed by atoms with van der Waals surface area (Å²) >= 11 is 0. The number of carbonyl (C=O) groups is 1. The monoisotopic (exact) mass is 454 g/mol. The first kappa shape index (κ1) is 22.0. The van der Waals surface area contributed by atoms with E-state index in [2.05, 4.69) is 15.3 Å². The average molecular weight is 454 g/mol. The van der Waals surface area contributed by atoms with Crippen LogP contribution in [-0.4, -0.2) is 27.6 Å². The fourth-order valence-electron chi connectivity index (χ4n) is 3.21. The number of amides is 1. The topological polar surface area (TPSA) is 86.1 Å². The Labute approximate surface area is 185 Å². The zero-order chi connectivity index (χ0) is 23.6. The highest BCUT2D eigenvalue weighted by atomic mass is 19.4. The summed E-state index contributed by atoms with van der Waals surface area (Å²) in [5.74, 6) is -0.166. The molecule has 0 aliphatic heterocycles. The average Bonchev–Trinajstić information content (AvgIpc) is 2.82.